The lowest BCUT2D eigenvalue weighted by atomic mass is 9.85. The van der Waals surface area contributed by atoms with Crippen molar-refractivity contribution in [1.82, 2.24) is 9.97 Å². The van der Waals surface area contributed by atoms with Crippen LogP contribution < -0.4 is 0 Å². The number of aromatic nitrogens is 2. The Morgan fingerprint density at radius 2 is 0.560 bits per heavy atom. The van der Waals surface area contributed by atoms with Gasteiger partial charge in [-0.3, -0.25) is 9.97 Å². The summed E-state index contributed by atoms with van der Waals surface area (Å²) in [7, 11) is 0. The van der Waals surface area contributed by atoms with E-state index in [1.807, 2.05) is 24.5 Å². The molecule has 2 heteroatoms. The number of hydrogen-bond acceptors (Lipinski definition) is 2. The molecule has 0 amide bonds. The highest BCUT2D eigenvalue weighted by Crippen LogP contribution is 2.45. The Morgan fingerprint density at radius 1 is 0.240 bits per heavy atom. The second-order valence-electron chi connectivity index (χ2n) is 12.6. The molecular formula is C48H32N2. The van der Waals surface area contributed by atoms with Gasteiger partial charge in [0.1, 0.15) is 0 Å². The zero-order valence-electron chi connectivity index (χ0n) is 27.4. The second-order valence-corrected chi connectivity index (χ2v) is 12.6. The van der Waals surface area contributed by atoms with Crippen molar-refractivity contribution < 1.29 is 0 Å². The Balaban J connectivity index is 1.34. The van der Waals surface area contributed by atoms with Gasteiger partial charge in [0.25, 0.3) is 0 Å². The molecule has 0 unspecified atom stereocenters. The van der Waals surface area contributed by atoms with Gasteiger partial charge in [-0.1, -0.05) is 158 Å². The summed E-state index contributed by atoms with van der Waals surface area (Å²) in [6, 6.07) is 64.5. The molecule has 2 aromatic heterocycles. The van der Waals surface area contributed by atoms with Crippen molar-refractivity contribution >= 4 is 21.5 Å². The van der Waals surface area contributed by atoms with Crippen LogP contribution in [-0.4, -0.2) is 9.97 Å². The van der Waals surface area contributed by atoms with E-state index in [2.05, 4.69) is 170 Å². The van der Waals surface area contributed by atoms with E-state index in [4.69, 9.17) is 9.97 Å². The van der Waals surface area contributed by atoms with Crippen molar-refractivity contribution in [3.63, 3.8) is 0 Å². The van der Waals surface area contributed by atoms with Gasteiger partial charge in [0, 0.05) is 34.6 Å². The molecule has 0 fully saturated rings. The van der Waals surface area contributed by atoms with Crippen molar-refractivity contribution in [3.8, 4) is 67.0 Å². The van der Waals surface area contributed by atoms with Gasteiger partial charge in [-0.05, 0) is 79.2 Å². The van der Waals surface area contributed by atoms with E-state index in [0.29, 0.717) is 0 Å². The van der Waals surface area contributed by atoms with Crippen LogP contribution in [0.15, 0.2) is 194 Å². The first kappa shape index (κ1) is 29.5. The summed E-state index contributed by atoms with van der Waals surface area (Å²) in [5, 5.41) is 4.59. The highest BCUT2D eigenvalue weighted by atomic mass is 14.7. The summed E-state index contributed by atoms with van der Waals surface area (Å²) in [5.41, 5.74) is 13.3. The summed E-state index contributed by atoms with van der Waals surface area (Å²) >= 11 is 0. The summed E-state index contributed by atoms with van der Waals surface area (Å²) < 4.78 is 0. The fourth-order valence-corrected chi connectivity index (χ4v) is 7.09. The molecular weight excluding hydrogens is 605 g/mol. The maximum absolute atomic E-state index is 5.14. The Kier molecular flexibility index (Phi) is 7.53. The number of nitrogens with zero attached hydrogens (tertiary/aromatic N) is 2. The molecule has 0 spiro atoms. The number of fused-ring (bicyclic) bond motifs is 2. The minimum absolute atomic E-state index is 0.941. The average Bonchev–Trinajstić information content (AvgIpc) is 3.21. The minimum Gasteiger partial charge on any atom is -0.256 e. The van der Waals surface area contributed by atoms with E-state index in [1.165, 1.54) is 22.3 Å². The number of hydrogen-bond donors (Lipinski definition) is 0. The van der Waals surface area contributed by atoms with Crippen LogP contribution in [0.5, 0.6) is 0 Å². The van der Waals surface area contributed by atoms with Crippen LogP contribution in [0.3, 0.4) is 0 Å². The van der Waals surface area contributed by atoms with E-state index in [0.717, 1.165) is 66.3 Å². The van der Waals surface area contributed by atoms with E-state index < -0.39 is 0 Å². The minimum atomic E-state index is 0.941. The highest BCUT2D eigenvalue weighted by Gasteiger charge is 2.20. The summed E-state index contributed by atoms with van der Waals surface area (Å²) in [4.78, 5) is 10.3. The molecule has 7 aromatic carbocycles. The molecule has 50 heavy (non-hydrogen) atoms. The molecule has 2 nitrogen and oxygen atoms in total. The van der Waals surface area contributed by atoms with Crippen molar-refractivity contribution in [2.75, 3.05) is 0 Å². The summed E-state index contributed by atoms with van der Waals surface area (Å²) in [6.07, 6.45) is 4.00. The molecule has 0 atom stereocenters. The SMILES string of the molecule is c1ccc(-c2ccc(-c3c4ccc(-c5ccccc5)cc4c(-c4ccc(-c5ccccc5)cn4)c4ccc(-c5ccccc5)cc34)nc2)cc1. The largest absolute Gasteiger partial charge is 0.256 e. The smallest absolute Gasteiger partial charge is 0.0714 e. The first-order valence-corrected chi connectivity index (χ1v) is 17.0. The van der Waals surface area contributed by atoms with Gasteiger partial charge in [-0.15, -0.1) is 0 Å². The molecule has 2 heterocycles. The Morgan fingerprint density at radius 3 is 0.880 bits per heavy atom. The molecule has 0 saturated heterocycles. The van der Waals surface area contributed by atoms with Crippen LogP contribution in [0.25, 0.3) is 88.6 Å². The monoisotopic (exact) mass is 636 g/mol. The maximum Gasteiger partial charge on any atom is 0.0714 e. The molecule has 0 aliphatic rings. The lowest BCUT2D eigenvalue weighted by molar-refractivity contribution is 1.33. The number of rotatable bonds is 6. The van der Waals surface area contributed by atoms with E-state index in [1.54, 1.807) is 0 Å². The van der Waals surface area contributed by atoms with Gasteiger partial charge in [0.2, 0.25) is 0 Å². The van der Waals surface area contributed by atoms with Crippen LogP contribution in [0, 0.1) is 0 Å². The predicted octanol–water partition coefficient (Wildman–Crippen LogP) is 12.8. The van der Waals surface area contributed by atoms with Crippen molar-refractivity contribution in [3.05, 3.63) is 194 Å². The fraction of sp³-hybridized carbons (Fsp3) is 0. The molecule has 0 aliphatic heterocycles. The van der Waals surface area contributed by atoms with Gasteiger partial charge in [-0.2, -0.15) is 0 Å². The lowest BCUT2D eigenvalue weighted by Gasteiger charge is -2.19. The zero-order valence-corrected chi connectivity index (χ0v) is 27.4. The Hall–Kier alpha value is -6.64. The van der Waals surface area contributed by atoms with E-state index in [-0.39, 0.29) is 0 Å². The normalized spacial score (nSPS) is 11.2. The lowest BCUT2D eigenvalue weighted by Crippen LogP contribution is -1.95. The van der Waals surface area contributed by atoms with Crippen LogP contribution in [-0.2, 0) is 0 Å². The summed E-state index contributed by atoms with van der Waals surface area (Å²) in [5.74, 6) is 0. The fourth-order valence-electron chi connectivity index (χ4n) is 7.09. The van der Waals surface area contributed by atoms with Crippen LogP contribution in [0.1, 0.15) is 0 Å². The molecule has 0 aliphatic carbocycles. The Labute approximate surface area is 292 Å². The van der Waals surface area contributed by atoms with Gasteiger partial charge in [0.05, 0.1) is 11.4 Å². The van der Waals surface area contributed by atoms with Gasteiger partial charge in [-0.25, -0.2) is 0 Å². The van der Waals surface area contributed by atoms with Crippen LogP contribution in [0.2, 0.25) is 0 Å². The molecule has 0 bridgehead atoms. The molecule has 9 aromatic rings. The van der Waals surface area contributed by atoms with Crippen LogP contribution >= 0.6 is 0 Å². The van der Waals surface area contributed by atoms with Crippen molar-refractivity contribution in [2.24, 2.45) is 0 Å². The molecule has 0 saturated carbocycles. The molecule has 234 valence electrons. The van der Waals surface area contributed by atoms with Gasteiger partial charge >= 0.3 is 0 Å². The van der Waals surface area contributed by atoms with Gasteiger partial charge in [0.15, 0.2) is 0 Å². The first-order valence-electron chi connectivity index (χ1n) is 17.0. The zero-order chi connectivity index (χ0) is 33.3. The third-order valence-electron chi connectivity index (χ3n) is 9.58. The van der Waals surface area contributed by atoms with Gasteiger partial charge < -0.3 is 0 Å². The number of pyridine rings is 2. The predicted molar refractivity (Wildman–Crippen MR) is 210 cm³/mol. The van der Waals surface area contributed by atoms with E-state index in [9.17, 15) is 0 Å². The van der Waals surface area contributed by atoms with Crippen molar-refractivity contribution in [2.45, 2.75) is 0 Å². The number of benzene rings is 7. The standard InChI is InChI=1S/C48H32N2/c1-5-13-33(14-6-1)37-21-25-41-43(29-37)47(45-27-23-39(31-49-45)35-17-9-3-10-18-35)42-26-22-38(34-15-7-2-8-16-34)30-44(42)48(41)46-28-24-40(32-50-46)36-19-11-4-12-20-36/h1-32H. The third-order valence-corrected chi connectivity index (χ3v) is 9.58. The maximum atomic E-state index is 5.14. The average molecular weight is 637 g/mol. The molecule has 0 radical (unpaired) electrons. The first-order chi connectivity index (χ1) is 24.8. The third kappa shape index (κ3) is 5.43. The van der Waals surface area contributed by atoms with Crippen molar-refractivity contribution in [1.29, 1.82) is 0 Å². The second kappa shape index (κ2) is 12.8. The molecule has 9 rings (SSSR count). The topological polar surface area (TPSA) is 25.8 Å². The Bertz CT molecular complexity index is 2390. The quantitative estimate of drug-likeness (QED) is 0.170. The highest BCUT2D eigenvalue weighted by molar-refractivity contribution is 6.22. The van der Waals surface area contributed by atoms with Crippen LogP contribution in [0.4, 0.5) is 0 Å². The summed E-state index contributed by atoms with van der Waals surface area (Å²) in [6.45, 7) is 0. The van der Waals surface area contributed by atoms with E-state index >= 15 is 0 Å². The molecule has 0 N–H and O–H groups in total.